The minimum absolute atomic E-state index is 0.0360. The molecule has 2 aromatic heterocycles. The summed E-state index contributed by atoms with van der Waals surface area (Å²) in [5.74, 6) is -0.359. The third-order valence-corrected chi connectivity index (χ3v) is 4.52. The highest BCUT2D eigenvalue weighted by molar-refractivity contribution is 5.91. The fourth-order valence-electron chi connectivity index (χ4n) is 2.80. The summed E-state index contributed by atoms with van der Waals surface area (Å²) in [5.41, 5.74) is -2.56. The van der Waals surface area contributed by atoms with Gasteiger partial charge >= 0.3 is 6.18 Å². The molecule has 1 amide bonds. The number of nitrogens with zero attached hydrogens (tertiary/aromatic N) is 3. The molecule has 2 N–H and O–H groups in total. The summed E-state index contributed by atoms with van der Waals surface area (Å²) in [5, 5.41) is 13.0. The van der Waals surface area contributed by atoms with E-state index < -0.39 is 28.9 Å². The van der Waals surface area contributed by atoms with Crippen LogP contribution in [0.4, 0.5) is 19.1 Å². The molecule has 0 aliphatic carbocycles. The molecule has 0 radical (unpaired) electrons. The normalized spacial score (nSPS) is 13.2. The highest BCUT2D eigenvalue weighted by atomic mass is 19.4. The van der Waals surface area contributed by atoms with Crippen molar-refractivity contribution >= 4 is 23.0 Å². The Kier molecular flexibility index (Phi) is 5.56. The van der Waals surface area contributed by atoms with E-state index in [1.807, 2.05) is 0 Å². The average molecular weight is 386 g/mol. The number of alkyl halides is 3. The molecule has 0 unspecified atom stereocenters. The van der Waals surface area contributed by atoms with Crippen molar-refractivity contribution in [3.63, 3.8) is 0 Å². The largest absolute Gasteiger partial charge is 0.433 e. The number of pyridine rings is 1. The van der Waals surface area contributed by atoms with Gasteiger partial charge in [0.1, 0.15) is 11.2 Å². The number of aliphatic hydroxyl groups is 1. The maximum atomic E-state index is 13.0. The van der Waals surface area contributed by atoms with E-state index in [0.717, 1.165) is 6.07 Å². The van der Waals surface area contributed by atoms with Crippen LogP contribution < -0.4 is 5.32 Å². The lowest BCUT2D eigenvalue weighted by Gasteiger charge is -2.26. The number of anilines is 1. The first kappa shape index (κ1) is 21.1. The second-order valence-electron chi connectivity index (χ2n) is 7.64. The molecule has 2 aromatic rings. The number of imidazole rings is 1. The van der Waals surface area contributed by atoms with Crippen LogP contribution in [0.2, 0.25) is 0 Å². The summed E-state index contributed by atoms with van der Waals surface area (Å²) in [6.45, 7) is 8.90. The molecule has 150 valence electrons. The van der Waals surface area contributed by atoms with E-state index in [1.165, 1.54) is 10.6 Å². The molecule has 0 bridgehead atoms. The molecule has 0 aromatic carbocycles. The molecule has 0 fully saturated rings. The molecular weight excluding hydrogens is 361 g/mol. The molecule has 0 aliphatic rings. The lowest BCUT2D eigenvalue weighted by molar-refractivity contribution is -0.141. The highest BCUT2D eigenvalue weighted by Crippen LogP contribution is 2.32. The van der Waals surface area contributed by atoms with Crippen molar-refractivity contribution in [3.8, 4) is 0 Å². The van der Waals surface area contributed by atoms with Crippen LogP contribution in [0.5, 0.6) is 0 Å². The molecule has 0 aliphatic heterocycles. The fraction of sp³-hybridized carbons (Fsp3) is 0.611. The molecule has 27 heavy (non-hydrogen) atoms. The van der Waals surface area contributed by atoms with Gasteiger partial charge in [-0.2, -0.15) is 13.2 Å². The predicted molar refractivity (Wildman–Crippen MR) is 96.3 cm³/mol. The number of halogens is 3. The quantitative estimate of drug-likeness (QED) is 0.811. The zero-order valence-electron chi connectivity index (χ0n) is 16.1. The Balaban J connectivity index is 2.49. The molecule has 6 nitrogen and oxygen atoms in total. The molecule has 0 saturated heterocycles. The van der Waals surface area contributed by atoms with Gasteiger partial charge in [-0.25, -0.2) is 9.97 Å². The number of fused-ring (bicyclic) bond motifs is 1. The molecule has 9 heteroatoms. The van der Waals surface area contributed by atoms with Crippen LogP contribution in [0, 0.1) is 0 Å². The second kappa shape index (κ2) is 7.10. The van der Waals surface area contributed by atoms with Crippen LogP contribution in [-0.2, 0) is 16.5 Å². The van der Waals surface area contributed by atoms with Crippen LogP contribution >= 0.6 is 0 Å². The highest BCUT2D eigenvalue weighted by Gasteiger charge is 2.34. The van der Waals surface area contributed by atoms with Crippen molar-refractivity contribution in [2.24, 2.45) is 0 Å². The Morgan fingerprint density at radius 3 is 2.22 bits per heavy atom. The number of rotatable bonds is 5. The van der Waals surface area contributed by atoms with Gasteiger partial charge in [0.15, 0.2) is 5.65 Å². The van der Waals surface area contributed by atoms with E-state index in [1.54, 1.807) is 34.6 Å². The van der Waals surface area contributed by atoms with E-state index in [9.17, 15) is 23.1 Å². The average Bonchev–Trinajstić information content (AvgIpc) is 2.90. The van der Waals surface area contributed by atoms with Gasteiger partial charge in [0, 0.05) is 5.54 Å². The van der Waals surface area contributed by atoms with Gasteiger partial charge in [-0.15, -0.1) is 0 Å². The summed E-state index contributed by atoms with van der Waals surface area (Å²) in [7, 11) is 0. The first-order chi connectivity index (χ1) is 12.3. The topological polar surface area (TPSA) is 80.0 Å². The first-order valence-corrected chi connectivity index (χ1v) is 8.80. The predicted octanol–water partition coefficient (Wildman–Crippen LogP) is 4.08. The maximum Gasteiger partial charge on any atom is 0.433 e. The number of aromatic nitrogens is 3. The lowest BCUT2D eigenvalue weighted by Crippen LogP contribution is -2.34. The van der Waals surface area contributed by atoms with Crippen molar-refractivity contribution in [2.45, 2.75) is 71.2 Å². The number of amides is 1. The molecule has 0 atom stereocenters. The molecular formula is C18H25F3N4O2. The van der Waals surface area contributed by atoms with E-state index >= 15 is 0 Å². The van der Waals surface area contributed by atoms with Gasteiger partial charge in [-0.3, -0.25) is 14.7 Å². The van der Waals surface area contributed by atoms with Crippen molar-refractivity contribution < 1.29 is 23.1 Å². The van der Waals surface area contributed by atoms with E-state index in [0.29, 0.717) is 12.8 Å². The number of carbonyl (C=O) groups excluding carboxylic acids is 1. The van der Waals surface area contributed by atoms with Crippen LogP contribution in [0.1, 0.15) is 59.6 Å². The third-order valence-electron chi connectivity index (χ3n) is 4.52. The zero-order chi connectivity index (χ0) is 20.6. The Morgan fingerprint density at radius 1 is 1.15 bits per heavy atom. The van der Waals surface area contributed by atoms with E-state index in [4.69, 9.17) is 0 Å². The Morgan fingerprint density at radius 2 is 1.74 bits per heavy atom. The van der Waals surface area contributed by atoms with Crippen LogP contribution in [0.25, 0.3) is 11.2 Å². The van der Waals surface area contributed by atoms with Crippen LogP contribution in [0.3, 0.4) is 0 Å². The molecule has 0 saturated carbocycles. The van der Waals surface area contributed by atoms with Gasteiger partial charge < -0.3 is 5.11 Å². The van der Waals surface area contributed by atoms with Gasteiger partial charge in [0.25, 0.3) is 0 Å². The first-order valence-electron chi connectivity index (χ1n) is 8.80. The van der Waals surface area contributed by atoms with Gasteiger partial charge in [-0.05, 0) is 45.7 Å². The Bertz CT molecular complexity index is 833. The monoisotopic (exact) mass is 386 g/mol. The standard InChI is InChI=1S/C18H25F3N4O2/c1-6-17(27,7-2)10-13(26)24-15-22-11-8-9-12(18(19,20)21)23-14(11)25(15)16(3,4)5/h8-9,27H,6-7,10H2,1-5H3,(H,22,24,26). The van der Waals surface area contributed by atoms with Crippen molar-refractivity contribution in [2.75, 3.05) is 5.32 Å². The van der Waals surface area contributed by atoms with Crippen molar-refractivity contribution in [1.82, 2.24) is 14.5 Å². The van der Waals surface area contributed by atoms with Crippen molar-refractivity contribution in [1.29, 1.82) is 0 Å². The summed E-state index contributed by atoms with van der Waals surface area (Å²) in [6, 6.07) is 2.10. The SMILES string of the molecule is CCC(O)(CC)CC(=O)Nc1nc2ccc(C(F)(F)F)nc2n1C(C)(C)C. The second-order valence-corrected chi connectivity index (χ2v) is 7.64. The molecule has 0 spiro atoms. The van der Waals surface area contributed by atoms with Gasteiger partial charge in [0.05, 0.1) is 12.0 Å². The number of hydrogen-bond acceptors (Lipinski definition) is 4. The molecule has 2 heterocycles. The van der Waals surface area contributed by atoms with Crippen LogP contribution in [-0.4, -0.2) is 31.1 Å². The summed E-state index contributed by atoms with van der Waals surface area (Å²) < 4.78 is 40.6. The smallest absolute Gasteiger partial charge is 0.389 e. The summed E-state index contributed by atoms with van der Waals surface area (Å²) in [4.78, 5) is 20.4. The lowest BCUT2D eigenvalue weighted by atomic mass is 9.93. The summed E-state index contributed by atoms with van der Waals surface area (Å²) in [6.07, 6.45) is -3.90. The summed E-state index contributed by atoms with van der Waals surface area (Å²) >= 11 is 0. The van der Waals surface area contributed by atoms with Gasteiger partial charge in [-0.1, -0.05) is 13.8 Å². The minimum atomic E-state index is -4.58. The van der Waals surface area contributed by atoms with E-state index in [-0.39, 0.29) is 23.5 Å². The minimum Gasteiger partial charge on any atom is -0.389 e. The Labute approximate surface area is 155 Å². The van der Waals surface area contributed by atoms with E-state index in [2.05, 4.69) is 15.3 Å². The maximum absolute atomic E-state index is 13.0. The Hall–Kier alpha value is -2.16. The molecule has 2 rings (SSSR count). The van der Waals surface area contributed by atoms with Crippen molar-refractivity contribution in [3.05, 3.63) is 17.8 Å². The van der Waals surface area contributed by atoms with Gasteiger partial charge in [0.2, 0.25) is 11.9 Å². The zero-order valence-corrected chi connectivity index (χ0v) is 16.1. The fourth-order valence-corrected chi connectivity index (χ4v) is 2.80. The number of carbonyl (C=O) groups is 1. The number of nitrogens with one attached hydrogen (secondary N) is 1. The third kappa shape index (κ3) is 4.58. The number of hydrogen-bond donors (Lipinski definition) is 2. The van der Waals surface area contributed by atoms with Crippen LogP contribution in [0.15, 0.2) is 12.1 Å².